The minimum absolute atomic E-state index is 0. The number of rotatable bonds is 7. The Hall–Kier alpha value is -1.84. The Bertz CT molecular complexity index is 645. The molecular formula is C17H24ClF2N3O4. The first-order chi connectivity index (χ1) is 12.5. The number of carbonyl (C=O) groups excluding carboxylic acids is 1. The van der Waals surface area contributed by atoms with Crippen molar-refractivity contribution in [2.24, 2.45) is 0 Å². The summed E-state index contributed by atoms with van der Waals surface area (Å²) in [5.41, 5.74) is 0.562. The highest BCUT2D eigenvalue weighted by Gasteiger charge is 2.21. The van der Waals surface area contributed by atoms with Crippen molar-refractivity contribution in [2.75, 3.05) is 46.6 Å². The summed E-state index contributed by atoms with van der Waals surface area (Å²) >= 11 is 0. The summed E-state index contributed by atoms with van der Waals surface area (Å²) < 4.78 is 40.5. The largest absolute Gasteiger partial charge is 0.454 e. The number of piperazine rings is 1. The van der Waals surface area contributed by atoms with Crippen LogP contribution in [0, 0.1) is 0 Å². The number of hydrogen-bond acceptors (Lipinski definition) is 6. The van der Waals surface area contributed by atoms with Crippen LogP contribution in [0.25, 0.3) is 0 Å². The van der Waals surface area contributed by atoms with Crippen molar-refractivity contribution in [1.82, 2.24) is 15.1 Å². The van der Waals surface area contributed by atoms with Gasteiger partial charge in [-0.15, -0.1) is 12.4 Å². The van der Waals surface area contributed by atoms with Gasteiger partial charge in [0.15, 0.2) is 11.5 Å². The lowest BCUT2D eigenvalue weighted by atomic mass is 10.1. The molecular weight excluding hydrogens is 384 g/mol. The summed E-state index contributed by atoms with van der Waals surface area (Å²) in [7, 11) is 1.84. The molecule has 0 atom stereocenters. The number of carbonyl (C=O) groups is 1. The van der Waals surface area contributed by atoms with Gasteiger partial charge in [0, 0.05) is 57.3 Å². The van der Waals surface area contributed by atoms with Crippen LogP contribution < -0.4 is 19.5 Å². The van der Waals surface area contributed by atoms with Crippen molar-refractivity contribution in [3.05, 3.63) is 17.7 Å². The maximum Gasteiger partial charge on any atom is 0.387 e. The SMILES string of the molecule is CN(CCC(=O)N1CCNCC1)Cc1cc2c(cc1OC(F)F)OCO2.Cl. The summed E-state index contributed by atoms with van der Waals surface area (Å²) in [4.78, 5) is 16.0. The van der Waals surface area contributed by atoms with Gasteiger partial charge in [-0.2, -0.15) is 8.78 Å². The molecule has 0 aliphatic carbocycles. The van der Waals surface area contributed by atoms with Gasteiger partial charge in [0.25, 0.3) is 0 Å². The van der Waals surface area contributed by atoms with Crippen LogP contribution in [-0.2, 0) is 11.3 Å². The molecule has 2 aliphatic rings. The normalized spacial score (nSPS) is 15.8. The highest BCUT2D eigenvalue weighted by Crippen LogP contribution is 2.39. The van der Waals surface area contributed by atoms with E-state index in [4.69, 9.17) is 9.47 Å². The van der Waals surface area contributed by atoms with Crippen LogP contribution >= 0.6 is 12.4 Å². The Labute approximate surface area is 162 Å². The van der Waals surface area contributed by atoms with Crippen LogP contribution in [0.5, 0.6) is 17.2 Å². The van der Waals surface area contributed by atoms with E-state index in [2.05, 4.69) is 10.1 Å². The van der Waals surface area contributed by atoms with E-state index in [1.807, 2.05) is 16.8 Å². The maximum absolute atomic E-state index is 12.7. The summed E-state index contributed by atoms with van der Waals surface area (Å²) in [6, 6.07) is 3.07. The third-order valence-corrected chi connectivity index (χ3v) is 4.39. The van der Waals surface area contributed by atoms with Gasteiger partial charge in [0.05, 0.1) is 0 Å². The maximum atomic E-state index is 12.7. The second-order valence-electron chi connectivity index (χ2n) is 6.31. The number of alkyl halides is 2. The smallest absolute Gasteiger partial charge is 0.387 e. The summed E-state index contributed by atoms with van der Waals surface area (Å²) in [5, 5.41) is 3.21. The third-order valence-electron chi connectivity index (χ3n) is 4.39. The van der Waals surface area contributed by atoms with Gasteiger partial charge in [-0.05, 0) is 13.1 Å². The molecule has 27 heavy (non-hydrogen) atoms. The fourth-order valence-electron chi connectivity index (χ4n) is 3.02. The fraction of sp³-hybridized carbons (Fsp3) is 0.588. The molecule has 1 saturated heterocycles. The standard InChI is InChI=1S/C17H23F2N3O4.ClH/c1-21(5-2-16(23)22-6-3-20-4-7-22)10-12-8-14-15(25-11-24-14)9-13(12)26-17(18)19;/h8-9,17,20H,2-7,10-11H2,1H3;1H. The lowest BCUT2D eigenvalue weighted by molar-refractivity contribution is -0.132. The van der Waals surface area contributed by atoms with Gasteiger partial charge in [-0.1, -0.05) is 0 Å². The molecule has 3 rings (SSSR count). The van der Waals surface area contributed by atoms with Gasteiger partial charge < -0.3 is 29.3 Å². The van der Waals surface area contributed by atoms with E-state index in [0.717, 1.165) is 26.2 Å². The van der Waals surface area contributed by atoms with Crippen LogP contribution in [0.15, 0.2) is 12.1 Å². The highest BCUT2D eigenvalue weighted by molar-refractivity contribution is 5.85. The minimum atomic E-state index is -2.92. The van der Waals surface area contributed by atoms with E-state index in [1.165, 1.54) is 6.07 Å². The molecule has 0 radical (unpaired) electrons. The number of nitrogens with one attached hydrogen (secondary N) is 1. The molecule has 0 aromatic heterocycles. The molecule has 2 aliphatic heterocycles. The predicted octanol–water partition coefficient (Wildman–Crippen LogP) is 1.69. The van der Waals surface area contributed by atoms with Crippen LogP contribution in [0.4, 0.5) is 8.78 Å². The van der Waals surface area contributed by atoms with E-state index in [-0.39, 0.29) is 30.9 Å². The summed E-state index contributed by atoms with van der Waals surface area (Å²) in [6.07, 6.45) is 0.381. The van der Waals surface area contributed by atoms with Crippen LogP contribution in [-0.4, -0.2) is 68.9 Å². The van der Waals surface area contributed by atoms with E-state index >= 15 is 0 Å². The fourth-order valence-corrected chi connectivity index (χ4v) is 3.02. The lowest BCUT2D eigenvalue weighted by Gasteiger charge is -2.28. The molecule has 152 valence electrons. The van der Waals surface area contributed by atoms with E-state index in [0.29, 0.717) is 36.6 Å². The van der Waals surface area contributed by atoms with Crippen molar-refractivity contribution in [1.29, 1.82) is 0 Å². The Kier molecular flexibility index (Phi) is 7.88. The molecule has 1 N–H and O–H groups in total. The number of nitrogens with zero attached hydrogens (tertiary/aromatic N) is 2. The number of hydrogen-bond donors (Lipinski definition) is 1. The zero-order valence-corrected chi connectivity index (χ0v) is 15.9. The first-order valence-corrected chi connectivity index (χ1v) is 8.57. The third kappa shape index (κ3) is 5.82. The number of halogens is 3. The van der Waals surface area contributed by atoms with Crippen LogP contribution in [0.2, 0.25) is 0 Å². The molecule has 0 unspecified atom stereocenters. The number of ether oxygens (including phenoxy) is 3. The van der Waals surface area contributed by atoms with Gasteiger partial charge in [-0.3, -0.25) is 4.79 Å². The molecule has 7 nitrogen and oxygen atoms in total. The van der Waals surface area contributed by atoms with Crippen molar-refractivity contribution in [2.45, 2.75) is 19.6 Å². The van der Waals surface area contributed by atoms with Crippen LogP contribution in [0.3, 0.4) is 0 Å². The van der Waals surface area contributed by atoms with E-state index in [9.17, 15) is 13.6 Å². The number of benzene rings is 1. The Morgan fingerprint density at radius 1 is 1.30 bits per heavy atom. The summed E-state index contributed by atoms with van der Waals surface area (Å²) in [6.45, 7) is 1.07. The van der Waals surface area contributed by atoms with Crippen molar-refractivity contribution < 1.29 is 27.8 Å². The molecule has 1 aromatic rings. The highest BCUT2D eigenvalue weighted by atomic mass is 35.5. The Morgan fingerprint density at radius 2 is 1.96 bits per heavy atom. The molecule has 0 bridgehead atoms. The minimum Gasteiger partial charge on any atom is -0.454 e. The summed E-state index contributed by atoms with van der Waals surface area (Å²) in [5.74, 6) is 1.06. The molecule has 1 fully saturated rings. The molecule has 1 amide bonds. The first kappa shape index (κ1) is 21.5. The van der Waals surface area contributed by atoms with Gasteiger partial charge in [-0.25, -0.2) is 0 Å². The average molecular weight is 408 g/mol. The molecule has 0 spiro atoms. The monoisotopic (exact) mass is 407 g/mol. The zero-order valence-electron chi connectivity index (χ0n) is 15.1. The average Bonchev–Trinajstić information content (AvgIpc) is 3.07. The second-order valence-corrected chi connectivity index (χ2v) is 6.31. The lowest BCUT2D eigenvalue weighted by Crippen LogP contribution is -2.47. The Morgan fingerprint density at radius 3 is 2.63 bits per heavy atom. The zero-order chi connectivity index (χ0) is 18.5. The van der Waals surface area contributed by atoms with E-state index < -0.39 is 6.61 Å². The number of amides is 1. The van der Waals surface area contributed by atoms with Crippen LogP contribution in [0.1, 0.15) is 12.0 Å². The molecule has 2 heterocycles. The Balaban J connectivity index is 0.00000261. The first-order valence-electron chi connectivity index (χ1n) is 8.57. The van der Waals surface area contributed by atoms with Gasteiger partial charge >= 0.3 is 6.61 Å². The molecule has 1 aromatic carbocycles. The quantitative estimate of drug-likeness (QED) is 0.742. The van der Waals surface area contributed by atoms with E-state index in [1.54, 1.807) is 6.07 Å². The molecule has 0 saturated carbocycles. The van der Waals surface area contributed by atoms with Crippen molar-refractivity contribution in [3.8, 4) is 17.2 Å². The second kappa shape index (κ2) is 9.91. The molecule has 10 heteroatoms. The van der Waals surface area contributed by atoms with Gasteiger partial charge in [0.2, 0.25) is 12.7 Å². The topological polar surface area (TPSA) is 63.3 Å². The predicted molar refractivity (Wildman–Crippen MR) is 96.8 cm³/mol. The van der Waals surface area contributed by atoms with Gasteiger partial charge in [0.1, 0.15) is 5.75 Å². The van der Waals surface area contributed by atoms with Crippen molar-refractivity contribution >= 4 is 18.3 Å². The number of fused-ring (bicyclic) bond motifs is 1. The van der Waals surface area contributed by atoms with Crippen molar-refractivity contribution in [3.63, 3.8) is 0 Å².